The van der Waals surface area contributed by atoms with E-state index in [4.69, 9.17) is 0 Å². The standard InChI is InChI=1S/C23H25N3O2/c1-16-8-10-19(11-9-16)25-23(28)17-5-4-12-26(15-17)22(27)13-18-14-24-21-7-3-2-6-20(18)21/h2-3,6-11,14,17,24H,4-5,12-13,15H2,1H3,(H,25,28). The first-order chi connectivity index (χ1) is 13.6. The van der Waals surface area contributed by atoms with Crippen molar-refractivity contribution in [3.05, 3.63) is 65.9 Å². The third-order valence-electron chi connectivity index (χ3n) is 5.48. The van der Waals surface area contributed by atoms with Gasteiger partial charge in [0.05, 0.1) is 12.3 Å². The number of likely N-dealkylation sites (tertiary alicyclic amines) is 1. The second-order valence-electron chi connectivity index (χ2n) is 7.57. The van der Waals surface area contributed by atoms with Gasteiger partial charge in [0, 0.05) is 35.9 Å². The molecule has 28 heavy (non-hydrogen) atoms. The molecule has 5 heteroatoms. The molecule has 1 saturated heterocycles. The molecule has 1 atom stereocenters. The van der Waals surface area contributed by atoms with Crippen LogP contribution in [0.15, 0.2) is 54.7 Å². The van der Waals surface area contributed by atoms with E-state index in [0.29, 0.717) is 13.0 Å². The Labute approximate surface area is 164 Å². The van der Waals surface area contributed by atoms with Crippen LogP contribution in [-0.4, -0.2) is 34.8 Å². The molecule has 5 nitrogen and oxygen atoms in total. The molecule has 1 aromatic heterocycles. The smallest absolute Gasteiger partial charge is 0.229 e. The number of anilines is 1. The number of fused-ring (bicyclic) bond motifs is 1. The summed E-state index contributed by atoms with van der Waals surface area (Å²) in [5.74, 6) is -0.0898. The number of carbonyl (C=O) groups excluding carboxylic acids is 2. The van der Waals surface area contributed by atoms with Crippen molar-refractivity contribution >= 4 is 28.4 Å². The van der Waals surface area contributed by atoms with Crippen LogP contribution in [0.25, 0.3) is 10.9 Å². The largest absolute Gasteiger partial charge is 0.361 e. The maximum atomic E-state index is 12.9. The lowest BCUT2D eigenvalue weighted by molar-refractivity contribution is -0.133. The summed E-state index contributed by atoms with van der Waals surface area (Å²) < 4.78 is 0. The zero-order valence-electron chi connectivity index (χ0n) is 16.1. The van der Waals surface area contributed by atoms with Gasteiger partial charge in [-0.2, -0.15) is 0 Å². The molecular formula is C23H25N3O2. The average Bonchev–Trinajstić information content (AvgIpc) is 3.13. The number of benzene rings is 2. The molecule has 0 spiro atoms. The normalized spacial score (nSPS) is 16.9. The lowest BCUT2D eigenvalue weighted by Gasteiger charge is -2.32. The van der Waals surface area contributed by atoms with Gasteiger partial charge in [-0.1, -0.05) is 35.9 Å². The summed E-state index contributed by atoms with van der Waals surface area (Å²) in [5, 5.41) is 4.07. The highest BCUT2D eigenvalue weighted by Crippen LogP contribution is 2.22. The number of amides is 2. The van der Waals surface area contributed by atoms with E-state index in [1.165, 1.54) is 0 Å². The molecule has 0 radical (unpaired) electrons. The Morgan fingerprint density at radius 3 is 2.75 bits per heavy atom. The van der Waals surface area contributed by atoms with Gasteiger partial charge in [0.1, 0.15) is 0 Å². The van der Waals surface area contributed by atoms with Crippen LogP contribution in [0.2, 0.25) is 0 Å². The molecule has 2 aromatic carbocycles. The zero-order valence-corrected chi connectivity index (χ0v) is 16.1. The van der Waals surface area contributed by atoms with Gasteiger partial charge >= 0.3 is 0 Å². The minimum Gasteiger partial charge on any atom is -0.361 e. The van der Waals surface area contributed by atoms with E-state index in [-0.39, 0.29) is 17.7 Å². The molecule has 1 unspecified atom stereocenters. The number of hydrogen-bond donors (Lipinski definition) is 2. The van der Waals surface area contributed by atoms with Crippen LogP contribution in [-0.2, 0) is 16.0 Å². The molecule has 3 aromatic rings. The van der Waals surface area contributed by atoms with Crippen LogP contribution in [0.5, 0.6) is 0 Å². The van der Waals surface area contributed by atoms with Crippen molar-refractivity contribution in [2.45, 2.75) is 26.2 Å². The Morgan fingerprint density at radius 1 is 1.14 bits per heavy atom. The van der Waals surface area contributed by atoms with Crippen molar-refractivity contribution in [3.8, 4) is 0 Å². The quantitative estimate of drug-likeness (QED) is 0.726. The number of piperidine rings is 1. The molecule has 2 heterocycles. The van der Waals surface area contributed by atoms with Gasteiger partial charge in [-0.25, -0.2) is 0 Å². The molecule has 0 aliphatic carbocycles. The van der Waals surface area contributed by atoms with E-state index in [9.17, 15) is 9.59 Å². The molecule has 2 N–H and O–H groups in total. The predicted molar refractivity (Wildman–Crippen MR) is 111 cm³/mol. The van der Waals surface area contributed by atoms with Gasteiger partial charge < -0.3 is 15.2 Å². The minimum atomic E-state index is -0.165. The topological polar surface area (TPSA) is 65.2 Å². The van der Waals surface area contributed by atoms with E-state index >= 15 is 0 Å². The van der Waals surface area contributed by atoms with Crippen molar-refractivity contribution in [2.24, 2.45) is 5.92 Å². The highest BCUT2D eigenvalue weighted by atomic mass is 16.2. The van der Waals surface area contributed by atoms with Gasteiger partial charge in [0.2, 0.25) is 11.8 Å². The summed E-state index contributed by atoms with van der Waals surface area (Å²) in [6.45, 7) is 3.22. The van der Waals surface area contributed by atoms with E-state index in [1.54, 1.807) is 0 Å². The average molecular weight is 375 g/mol. The summed E-state index contributed by atoms with van der Waals surface area (Å²) >= 11 is 0. The summed E-state index contributed by atoms with van der Waals surface area (Å²) in [5.41, 5.74) is 4.01. The van der Waals surface area contributed by atoms with Crippen LogP contribution < -0.4 is 5.32 Å². The Morgan fingerprint density at radius 2 is 1.93 bits per heavy atom. The highest BCUT2D eigenvalue weighted by molar-refractivity contribution is 5.93. The molecular weight excluding hydrogens is 350 g/mol. The number of aromatic amines is 1. The SMILES string of the molecule is Cc1ccc(NC(=O)C2CCCN(C(=O)Cc3c[nH]c4ccccc34)C2)cc1. The monoisotopic (exact) mass is 375 g/mol. The first-order valence-electron chi connectivity index (χ1n) is 9.80. The molecule has 0 bridgehead atoms. The second-order valence-corrected chi connectivity index (χ2v) is 7.57. The lowest BCUT2D eigenvalue weighted by atomic mass is 9.96. The Kier molecular flexibility index (Phi) is 5.15. The van der Waals surface area contributed by atoms with Crippen LogP contribution >= 0.6 is 0 Å². The summed E-state index contributed by atoms with van der Waals surface area (Å²) in [6.07, 6.45) is 3.94. The minimum absolute atomic E-state index is 0.00607. The van der Waals surface area contributed by atoms with Crippen LogP contribution in [0.1, 0.15) is 24.0 Å². The number of hydrogen-bond acceptors (Lipinski definition) is 2. The molecule has 1 fully saturated rings. The van der Waals surface area contributed by atoms with Crippen molar-refractivity contribution in [1.82, 2.24) is 9.88 Å². The molecule has 4 rings (SSSR count). The Bertz CT molecular complexity index is 991. The van der Waals surface area contributed by atoms with Crippen LogP contribution in [0.3, 0.4) is 0 Å². The number of aryl methyl sites for hydroxylation is 1. The van der Waals surface area contributed by atoms with E-state index in [1.807, 2.05) is 66.6 Å². The third-order valence-corrected chi connectivity index (χ3v) is 5.48. The number of nitrogens with one attached hydrogen (secondary N) is 2. The molecule has 144 valence electrons. The highest BCUT2D eigenvalue weighted by Gasteiger charge is 2.28. The summed E-state index contributed by atoms with van der Waals surface area (Å²) in [7, 11) is 0. The molecule has 1 aliphatic rings. The zero-order chi connectivity index (χ0) is 19.5. The maximum absolute atomic E-state index is 12.9. The van der Waals surface area contributed by atoms with Crippen LogP contribution in [0, 0.1) is 12.8 Å². The first kappa shape index (κ1) is 18.3. The van der Waals surface area contributed by atoms with E-state index in [0.717, 1.165) is 47.1 Å². The van der Waals surface area contributed by atoms with Crippen molar-refractivity contribution in [3.63, 3.8) is 0 Å². The van der Waals surface area contributed by atoms with Gasteiger partial charge in [-0.05, 0) is 43.5 Å². The van der Waals surface area contributed by atoms with Gasteiger partial charge in [0.15, 0.2) is 0 Å². The van der Waals surface area contributed by atoms with Crippen LogP contribution in [0.4, 0.5) is 5.69 Å². The van der Waals surface area contributed by atoms with E-state index in [2.05, 4.69) is 10.3 Å². The molecule has 0 saturated carbocycles. The number of H-pyrrole nitrogens is 1. The number of rotatable bonds is 4. The summed E-state index contributed by atoms with van der Waals surface area (Å²) in [6, 6.07) is 15.8. The number of carbonyl (C=O) groups is 2. The molecule has 1 aliphatic heterocycles. The van der Waals surface area contributed by atoms with Crippen molar-refractivity contribution < 1.29 is 9.59 Å². The Hall–Kier alpha value is -3.08. The Balaban J connectivity index is 1.39. The first-order valence-corrected chi connectivity index (χ1v) is 9.80. The fourth-order valence-corrected chi connectivity index (χ4v) is 3.85. The summed E-state index contributed by atoms with van der Waals surface area (Å²) in [4.78, 5) is 30.6. The van der Waals surface area contributed by atoms with E-state index < -0.39 is 0 Å². The van der Waals surface area contributed by atoms with Crippen molar-refractivity contribution in [2.75, 3.05) is 18.4 Å². The number of nitrogens with zero attached hydrogens (tertiary/aromatic N) is 1. The third kappa shape index (κ3) is 3.93. The van der Waals surface area contributed by atoms with Gasteiger partial charge in [0.25, 0.3) is 0 Å². The van der Waals surface area contributed by atoms with Gasteiger partial charge in [-0.3, -0.25) is 9.59 Å². The fraction of sp³-hybridized carbons (Fsp3) is 0.304. The number of aromatic nitrogens is 1. The lowest BCUT2D eigenvalue weighted by Crippen LogP contribution is -2.44. The maximum Gasteiger partial charge on any atom is 0.229 e. The number of para-hydroxylation sites is 1. The predicted octanol–water partition coefficient (Wildman–Crippen LogP) is 3.90. The van der Waals surface area contributed by atoms with Crippen molar-refractivity contribution in [1.29, 1.82) is 0 Å². The second kappa shape index (κ2) is 7.89. The fourth-order valence-electron chi connectivity index (χ4n) is 3.85. The van der Waals surface area contributed by atoms with Gasteiger partial charge in [-0.15, -0.1) is 0 Å². The molecule has 2 amide bonds.